The number of nitrogens with one attached hydrogen (secondary N) is 1. The van der Waals surface area contributed by atoms with Gasteiger partial charge in [0.25, 0.3) is 0 Å². The Balaban J connectivity index is 1.84. The first-order valence-corrected chi connectivity index (χ1v) is 9.72. The Morgan fingerprint density at radius 3 is 2.52 bits per heavy atom. The molecule has 1 saturated carbocycles. The van der Waals surface area contributed by atoms with Gasteiger partial charge in [-0.15, -0.1) is 11.3 Å². The Hall–Kier alpha value is 0.240. The van der Waals surface area contributed by atoms with E-state index >= 15 is 0 Å². The fourth-order valence-corrected chi connectivity index (χ4v) is 4.98. The van der Waals surface area contributed by atoms with Gasteiger partial charge in [-0.05, 0) is 68.2 Å². The molecule has 1 aromatic heterocycles. The summed E-state index contributed by atoms with van der Waals surface area (Å²) >= 11 is 13.8. The average Bonchev–Trinajstić information content (AvgIpc) is 3.00. The third-order valence-corrected chi connectivity index (χ3v) is 6.27. The number of rotatable bonds is 8. The molecule has 0 unspecified atom stereocenters. The van der Waals surface area contributed by atoms with E-state index in [4.69, 9.17) is 23.2 Å². The van der Waals surface area contributed by atoms with Crippen LogP contribution in [0.5, 0.6) is 0 Å². The van der Waals surface area contributed by atoms with E-state index in [1.807, 2.05) is 6.07 Å². The van der Waals surface area contributed by atoms with E-state index in [9.17, 15) is 0 Å². The lowest BCUT2D eigenvalue weighted by Gasteiger charge is -2.29. The Bertz CT molecular complexity index is 436. The minimum atomic E-state index is 0.529. The van der Waals surface area contributed by atoms with Crippen molar-refractivity contribution in [3.8, 4) is 0 Å². The van der Waals surface area contributed by atoms with Gasteiger partial charge in [0.15, 0.2) is 0 Å². The molecule has 4 heteroatoms. The summed E-state index contributed by atoms with van der Waals surface area (Å²) < 4.78 is 1.69. The molecule has 1 aliphatic rings. The zero-order valence-corrected chi connectivity index (χ0v) is 15.5. The Morgan fingerprint density at radius 1 is 1.24 bits per heavy atom. The van der Waals surface area contributed by atoms with Crippen LogP contribution in [0.4, 0.5) is 0 Å². The van der Waals surface area contributed by atoms with E-state index in [0.29, 0.717) is 5.41 Å². The molecule has 1 N–H and O–H groups in total. The summed E-state index contributed by atoms with van der Waals surface area (Å²) in [5, 5.41) is 3.61. The largest absolute Gasteiger partial charge is 0.316 e. The predicted octanol–water partition coefficient (Wildman–Crippen LogP) is 6.18. The molecule has 2 rings (SSSR count). The van der Waals surface area contributed by atoms with Crippen molar-refractivity contribution < 1.29 is 0 Å². The standard InChI is InChI=1S/C17H27Cl2NS/c1-13(2)12-20-10-9-17(6-3-4-7-17)8-5-14-11-15(18)21-16(14)19/h11,13,20H,3-10,12H2,1-2H3. The second kappa shape index (κ2) is 8.19. The maximum Gasteiger partial charge on any atom is 0.0976 e. The fourth-order valence-electron chi connectivity index (χ4n) is 3.44. The van der Waals surface area contributed by atoms with Crippen LogP contribution < -0.4 is 5.32 Å². The van der Waals surface area contributed by atoms with Crippen LogP contribution in [-0.2, 0) is 6.42 Å². The van der Waals surface area contributed by atoms with Crippen LogP contribution in [0.25, 0.3) is 0 Å². The number of hydrogen-bond donors (Lipinski definition) is 1. The van der Waals surface area contributed by atoms with Crippen molar-refractivity contribution in [2.75, 3.05) is 13.1 Å². The van der Waals surface area contributed by atoms with Crippen LogP contribution in [0.15, 0.2) is 6.07 Å². The van der Waals surface area contributed by atoms with Crippen LogP contribution in [0.1, 0.15) is 57.9 Å². The van der Waals surface area contributed by atoms with Crippen LogP contribution in [-0.4, -0.2) is 13.1 Å². The normalized spacial score (nSPS) is 17.8. The Kier molecular flexibility index (Phi) is 6.86. The van der Waals surface area contributed by atoms with Crippen LogP contribution in [0, 0.1) is 11.3 Å². The maximum atomic E-state index is 6.26. The highest BCUT2D eigenvalue weighted by molar-refractivity contribution is 7.20. The molecule has 1 fully saturated rings. The molecule has 0 aromatic carbocycles. The molecular weight excluding hydrogens is 321 g/mol. The van der Waals surface area contributed by atoms with Gasteiger partial charge in [0.05, 0.1) is 8.67 Å². The molecule has 0 spiro atoms. The first-order valence-electron chi connectivity index (χ1n) is 8.15. The van der Waals surface area contributed by atoms with Crippen molar-refractivity contribution in [2.45, 2.75) is 58.8 Å². The molecule has 1 aliphatic carbocycles. The monoisotopic (exact) mass is 347 g/mol. The summed E-state index contributed by atoms with van der Waals surface area (Å²) in [7, 11) is 0. The fraction of sp³-hybridized carbons (Fsp3) is 0.765. The van der Waals surface area contributed by atoms with E-state index in [0.717, 1.165) is 34.1 Å². The molecule has 0 bridgehead atoms. The summed E-state index contributed by atoms with van der Waals surface area (Å²) in [5.74, 6) is 0.733. The average molecular weight is 348 g/mol. The van der Waals surface area contributed by atoms with Gasteiger partial charge in [-0.3, -0.25) is 0 Å². The van der Waals surface area contributed by atoms with Crippen molar-refractivity contribution in [1.29, 1.82) is 0 Å². The highest BCUT2D eigenvalue weighted by Crippen LogP contribution is 2.45. The summed E-state index contributed by atoms with van der Waals surface area (Å²) in [6.07, 6.45) is 9.17. The summed E-state index contributed by atoms with van der Waals surface area (Å²) in [6, 6.07) is 2.05. The minimum absolute atomic E-state index is 0.529. The zero-order valence-electron chi connectivity index (χ0n) is 13.2. The molecule has 0 atom stereocenters. The second-order valence-electron chi connectivity index (χ2n) is 6.90. The van der Waals surface area contributed by atoms with Gasteiger partial charge in [-0.1, -0.05) is 49.9 Å². The molecule has 120 valence electrons. The van der Waals surface area contributed by atoms with Gasteiger partial charge in [0.1, 0.15) is 0 Å². The van der Waals surface area contributed by atoms with Crippen LogP contribution in [0.3, 0.4) is 0 Å². The topological polar surface area (TPSA) is 12.0 Å². The Morgan fingerprint density at radius 2 is 1.95 bits per heavy atom. The molecule has 0 amide bonds. The molecule has 1 heterocycles. The van der Waals surface area contributed by atoms with Gasteiger partial charge in [-0.25, -0.2) is 0 Å². The highest BCUT2D eigenvalue weighted by Gasteiger charge is 2.33. The summed E-state index contributed by atoms with van der Waals surface area (Å²) in [5.41, 5.74) is 1.77. The molecular formula is C17H27Cl2NS. The van der Waals surface area contributed by atoms with Gasteiger partial charge in [0.2, 0.25) is 0 Å². The molecule has 0 aliphatic heterocycles. The molecule has 1 aromatic rings. The first kappa shape index (κ1) is 17.6. The van der Waals surface area contributed by atoms with Crippen molar-refractivity contribution in [1.82, 2.24) is 5.32 Å². The lowest BCUT2D eigenvalue weighted by atomic mass is 9.78. The molecule has 1 nitrogen and oxygen atoms in total. The quantitative estimate of drug-likeness (QED) is 0.553. The molecule has 21 heavy (non-hydrogen) atoms. The number of hydrogen-bond acceptors (Lipinski definition) is 2. The van der Waals surface area contributed by atoms with Crippen LogP contribution >= 0.6 is 34.5 Å². The molecule has 0 saturated heterocycles. The van der Waals surface area contributed by atoms with Gasteiger partial charge < -0.3 is 5.32 Å². The second-order valence-corrected chi connectivity index (χ2v) is 9.19. The lowest BCUT2D eigenvalue weighted by molar-refractivity contribution is 0.244. The maximum absolute atomic E-state index is 6.26. The van der Waals surface area contributed by atoms with E-state index in [1.165, 1.54) is 55.4 Å². The number of aryl methyl sites for hydroxylation is 1. The van der Waals surface area contributed by atoms with Crippen molar-refractivity contribution in [3.63, 3.8) is 0 Å². The van der Waals surface area contributed by atoms with Crippen molar-refractivity contribution in [3.05, 3.63) is 20.3 Å². The predicted molar refractivity (Wildman–Crippen MR) is 95.9 cm³/mol. The summed E-state index contributed by atoms with van der Waals surface area (Å²) in [4.78, 5) is 0. The van der Waals surface area contributed by atoms with Gasteiger partial charge in [0, 0.05) is 0 Å². The molecule has 0 radical (unpaired) electrons. The highest BCUT2D eigenvalue weighted by atomic mass is 35.5. The van der Waals surface area contributed by atoms with Gasteiger partial charge in [-0.2, -0.15) is 0 Å². The van der Waals surface area contributed by atoms with Crippen molar-refractivity contribution in [2.24, 2.45) is 11.3 Å². The third kappa shape index (κ3) is 5.42. The number of halogens is 2. The van der Waals surface area contributed by atoms with E-state index in [2.05, 4.69) is 19.2 Å². The first-order chi connectivity index (χ1) is 10.0. The zero-order chi connectivity index (χ0) is 15.3. The minimum Gasteiger partial charge on any atom is -0.316 e. The summed E-state index contributed by atoms with van der Waals surface area (Å²) in [6.45, 7) is 6.81. The van der Waals surface area contributed by atoms with Gasteiger partial charge >= 0.3 is 0 Å². The Labute approximate surface area is 143 Å². The third-order valence-electron chi connectivity index (χ3n) is 4.70. The SMILES string of the molecule is CC(C)CNCCC1(CCc2cc(Cl)sc2Cl)CCCC1. The van der Waals surface area contributed by atoms with E-state index in [1.54, 1.807) is 0 Å². The smallest absolute Gasteiger partial charge is 0.0976 e. The van der Waals surface area contributed by atoms with E-state index < -0.39 is 0 Å². The lowest BCUT2D eigenvalue weighted by Crippen LogP contribution is -2.27. The number of thiophene rings is 1. The van der Waals surface area contributed by atoms with Crippen molar-refractivity contribution >= 4 is 34.5 Å². The van der Waals surface area contributed by atoms with E-state index in [-0.39, 0.29) is 0 Å². The van der Waals surface area contributed by atoms with Crippen LogP contribution in [0.2, 0.25) is 8.67 Å².